The van der Waals surface area contributed by atoms with Crippen molar-refractivity contribution in [3.63, 3.8) is 0 Å². The molecule has 7 nitrogen and oxygen atoms in total. The average Bonchev–Trinajstić information content (AvgIpc) is 3.10. The van der Waals surface area contributed by atoms with Crippen LogP contribution in [0.3, 0.4) is 0 Å². The van der Waals surface area contributed by atoms with Crippen LogP contribution in [0.4, 0.5) is 0 Å². The van der Waals surface area contributed by atoms with E-state index in [4.69, 9.17) is 5.73 Å². The summed E-state index contributed by atoms with van der Waals surface area (Å²) in [6.45, 7) is 0. The van der Waals surface area contributed by atoms with Crippen LogP contribution in [0.25, 0.3) is 22.3 Å². The van der Waals surface area contributed by atoms with Gasteiger partial charge in [0.25, 0.3) is 5.91 Å². The van der Waals surface area contributed by atoms with E-state index >= 15 is 0 Å². The van der Waals surface area contributed by atoms with E-state index in [-0.39, 0.29) is 23.7 Å². The number of hydrogen-bond donors (Lipinski definition) is 4. The van der Waals surface area contributed by atoms with Gasteiger partial charge in [0, 0.05) is 17.6 Å². The quantitative estimate of drug-likeness (QED) is 0.578. The van der Waals surface area contributed by atoms with E-state index in [0.29, 0.717) is 22.3 Å². The molecular formula is C19H21N5O2. The van der Waals surface area contributed by atoms with Crippen molar-refractivity contribution < 1.29 is 9.90 Å². The summed E-state index contributed by atoms with van der Waals surface area (Å²) in [5.74, 6) is 0.0425. The molecule has 0 saturated heterocycles. The molecule has 3 aromatic rings. The van der Waals surface area contributed by atoms with Gasteiger partial charge in [-0.05, 0) is 56.0 Å². The third kappa shape index (κ3) is 3.25. The maximum Gasteiger partial charge on any atom is 0.252 e. The maximum atomic E-state index is 12.9. The first-order valence-electron chi connectivity index (χ1n) is 8.80. The first kappa shape index (κ1) is 16.5. The molecule has 0 radical (unpaired) electrons. The zero-order valence-electron chi connectivity index (χ0n) is 14.3. The van der Waals surface area contributed by atoms with Crippen molar-refractivity contribution in [1.29, 1.82) is 0 Å². The third-order valence-electron chi connectivity index (χ3n) is 4.88. The summed E-state index contributed by atoms with van der Waals surface area (Å²) in [6.07, 6.45) is 5.41. The van der Waals surface area contributed by atoms with Gasteiger partial charge >= 0.3 is 0 Å². The number of nitrogens with zero attached hydrogens (tertiary/aromatic N) is 2. The van der Waals surface area contributed by atoms with Crippen molar-refractivity contribution >= 4 is 16.9 Å². The SMILES string of the molecule is NC1CCCC(NC(=O)c2cc(-c3ccc(O)cc3)nc3[nH]ncc23)C1. The molecule has 7 heteroatoms. The number of aromatic amines is 1. The largest absolute Gasteiger partial charge is 0.508 e. The number of hydrogen-bond acceptors (Lipinski definition) is 5. The third-order valence-corrected chi connectivity index (χ3v) is 4.88. The Kier molecular flexibility index (Phi) is 4.30. The number of nitrogens with one attached hydrogen (secondary N) is 2. The summed E-state index contributed by atoms with van der Waals surface area (Å²) in [7, 11) is 0. The Hall–Kier alpha value is -2.93. The average molecular weight is 351 g/mol. The van der Waals surface area contributed by atoms with Crippen molar-refractivity contribution in [2.75, 3.05) is 0 Å². The normalized spacial score (nSPS) is 20.2. The van der Waals surface area contributed by atoms with E-state index in [2.05, 4.69) is 20.5 Å². The molecular weight excluding hydrogens is 330 g/mol. The molecule has 1 amide bonds. The second kappa shape index (κ2) is 6.76. The summed E-state index contributed by atoms with van der Waals surface area (Å²) in [5.41, 5.74) is 8.58. The standard InChI is InChI=1S/C19H21N5O2/c20-12-2-1-3-13(8-12)22-19(26)15-9-17(11-4-6-14(25)7-5-11)23-18-16(15)10-21-24-18/h4-7,9-10,12-13,25H,1-3,8,20H2,(H,22,26)(H,21,23,24). The number of amides is 1. The molecule has 0 spiro atoms. The molecule has 2 heterocycles. The summed E-state index contributed by atoms with van der Waals surface area (Å²) < 4.78 is 0. The highest BCUT2D eigenvalue weighted by Crippen LogP contribution is 2.26. The van der Waals surface area contributed by atoms with Crippen LogP contribution in [0.2, 0.25) is 0 Å². The number of phenols is 1. The lowest BCUT2D eigenvalue weighted by Crippen LogP contribution is -2.42. The van der Waals surface area contributed by atoms with E-state index < -0.39 is 0 Å². The van der Waals surface area contributed by atoms with E-state index in [1.165, 1.54) is 0 Å². The molecule has 1 aliphatic carbocycles. The predicted octanol–water partition coefficient (Wildman–Crippen LogP) is 2.33. The van der Waals surface area contributed by atoms with Crippen molar-refractivity contribution in [1.82, 2.24) is 20.5 Å². The number of carbonyl (C=O) groups excluding carboxylic acids is 1. The summed E-state index contributed by atoms with van der Waals surface area (Å²) in [5, 5.41) is 20.1. The van der Waals surface area contributed by atoms with Crippen LogP contribution in [-0.4, -0.2) is 38.3 Å². The number of fused-ring (bicyclic) bond motifs is 1. The number of H-pyrrole nitrogens is 1. The molecule has 2 atom stereocenters. The van der Waals surface area contributed by atoms with Crippen LogP contribution < -0.4 is 11.1 Å². The number of rotatable bonds is 3. The molecule has 5 N–H and O–H groups in total. The molecule has 1 aromatic carbocycles. The van der Waals surface area contributed by atoms with Crippen LogP contribution in [0.15, 0.2) is 36.5 Å². The van der Waals surface area contributed by atoms with Crippen LogP contribution in [0.5, 0.6) is 5.75 Å². The number of nitrogens with two attached hydrogens (primary N) is 1. The molecule has 1 aliphatic rings. The highest BCUT2D eigenvalue weighted by molar-refractivity contribution is 6.06. The Balaban J connectivity index is 1.68. The predicted molar refractivity (Wildman–Crippen MR) is 98.7 cm³/mol. The van der Waals surface area contributed by atoms with Gasteiger partial charge in [-0.2, -0.15) is 5.10 Å². The number of carbonyl (C=O) groups is 1. The minimum absolute atomic E-state index is 0.0958. The first-order valence-corrected chi connectivity index (χ1v) is 8.80. The highest BCUT2D eigenvalue weighted by Gasteiger charge is 2.23. The monoisotopic (exact) mass is 351 g/mol. The van der Waals surface area contributed by atoms with E-state index in [9.17, 15) is 9.90 Å². The number of aromatic hydroxyl groups is 1. The fourth-order valence-corrected chi connectivity index (χ4v) is 3.52. The van der Waals surface area contributed by atoms with E-state index in [1.54, 1.807) is 36.5 Å². The Labute approximate surface area is 150 Å². The van der Waals surface area contributed by atoms with Crippen molar-refractivity contribution in [2.45, 2.75) is 37.8 Å². The number of aromatic nitrogens is 3. The van der Waals surface area contributed by atoms with Crippen molar-refractivity contribution in [3.8, 4) is 17.0 Å². The molecule has 1 fully saturated rings. The van der Waals surface area contributed by atoms with Crippen LogP contribution in [0, 0.1) is 0 Å². The van der Waals surface area contributed by atoms with Gasteiger partial charge in [-0.1, -0.05) is 0 Å². The van der Waals surface area contributed by atoms with Gasteiger partial charge in [0.15, 0.2) is 5.65 Å². The number of benzene rings is 1. The zero-order valence-corrected chi connectivity index (χ0v) is 14.3. The fraction of sp³-hybridized carbons (Fsp3) is 0.316. The molecule has 134 valence electrons. The molecule has 0 aliphatic heterocycles. The highest BCUT2D eigenvalue weighted by atomic mass is 16.3. The van der Waals surface area contributed by atoms with Gasteiger partial charge in [0.05, 0.1) is 22.8 Å². The minimum Gasteiger partial charge on any atom is -0.508 e. The van der Waals surface area contributed by atoms with Gasteiger partial charge in [0.2, 0.25) is 0 Å². The first-order chi connectivity index (χ1) is 12.6. The summed E-state index contributed by atoms with van der Waals surface area (Å²) >= 11 is 0. The van der Waals surface area contributed by atoms with Gasteiger partial charge < -0.3 is 16.2 Å². The summed E-state index contributed by atoms with van der Waals surface area (Å²) in [4.78, 5) is 17.4. The molecule has 1 saturated carbocycles. The molecule has 4 rings (SSSR count). The fourth-order valence-electron chi connectivity index (χ4n) is 3.52. The second-order valence-corrected chi connectivity index (χ2v) is 6.83. The van der Waals surface area contributed by atoms with Gasteiger partial charge in [0.1, 0.15) is 5.75 Å². The van der Waals surface area contributed by atoms with Gasteiger partial charge in [-0.3, -0.25) is 9.89 Å². The van der Waals surface area contributed by atoms with Crippen molar-refractivity contribution in [3.05, 3.63) is 42.1 Å². The lowest BCUT2D eigenvalue weighted by atomic mass is 9.91. The Morgan fingerprint density at radius 1 is 1.27 bits per heavy atom. The van der Waals surface area contributed by atoms with E-state index in [1.807, 2.05) is 0 Å². The molecule has 26 heavy (non-hydrogen) atoms. The Morgan fingerprint density at radius 2 is 2.08 bits per heavy atom. The summed E-state index contributed by atoms with van der Waals surface area (Å²) in [6, 6.07) is 8.73. The van der Waals surface area contributed by atoms with Crippen molar-refractivity contribution in [2.24, 2.45) is 5.73 Å². The van der Waals surface area contributed by atoms with Gasteiger partial charge in [-0.25, -0.2) is 4.98 Å². The maximum absolute atomic E-state index is 12.9. The molecule has 0 bridgehead atoms. The van der Waals surface area contributed by atoms with Crippen LogP contribution in [0.1, 0.15) is 36.0 Å². The van der Waals surface area contributed by atoms with Crippen LogP contribution in [-0.2, 0) is 0 Å². The molecule has 2 aromatic heterocycles. The van der Waals surface area contributed by atoms with Crippen LogP contribution >= 0.6 is 0 Å². The zero-order chi connectivity index (χ0) is 18.1. The second-order valence-electron chi connectivity index (χ2n) is 6.83. The van der Waals surface area contributed by atoms with Gasteiger partial charge in [-0.15, -0.1) is 0 Å². The Morgan fingerprint density at radius 3 is 2.85 bits per heavy atom. The lowest BCUT2D eigenvalue weighted by molar-refractivity contribution is 0.0927. The van der Waals surface area contributed by atoms with E-state index in [0.717, 1.165) is 31.2 Å². The lowest BCUT2D eigenvalue weighted by Gasteiger charge is -2.27. The molecule has 2 unspecified atom stereocenters. The number of phenolic OH excluding ortho intramolecular Hbond substituents is 1. The smallest absolute Gasteiger partial charge is 0.252 e. The Bertz CT molecular complexity index is 935. The number of pyridine rings is 1. The minimum atomic E-state index is -0.141. The topological polar surface area (TPSA) is 117 Å².